The molecule has 3 saturated heterocycles. The number of aromatic nitrogens is 1. The van der Waals surface area contributed by atoms with E-state index in [0.717, 1.165) is 29.7 Å². The summed E-state index contributed by atoms with van der Waals surface area (Å²) in [6, 6.07) is 7.67. The molecule has 0 saturated carbocycles. The summed E-state index contributed by atoms with van der Waals surface area (Å²) in [6.45, 7) is 3.30. The van der Waals surface area contributed by atoms with Crippen molar-refractivity contribution in [3.05, 3.63) is 41.2 Å². The molecule has 5 heteroatoms. The number of fused-ring (bicyclic) bond motifs is 5. The third-order valence-corrected chi connectivity index (χ3v) is 5.29. The highest BCUT2D eigenvalue weighted by Crippen LogP contribution is 2.27. The first-order chi connectivity index (χ1) is 11.2. The maximum atomic E-state index is 12.6. The summed E-state index contributed by atoms with van der Waals surface area (Å²) in [4.78, 5) is 19.3. The van der Waals surface area contributed by atoms with Gasteiger partial charge in [-0.1, -0.05) is 17.7 Å². The molecule has 4 nitrogen and oxygen atoms in total. The van der Waals surface area contributed by atoms with Gasteiger partial charge in [0, 0.05) is 29.2 Å². The highest BCUT2D eigenvalue weighted by atomic mass is 35.5. The molecule has 4 heterocycles. The molecule has 0 radical (unpaired) electrons. The number of carbonyl (C=O) groups excluding carboxylic acids is 1. The van der Waals surface area contributed by atoms with Crippen molar-refractivity contribution in [3.63, 3.8) is 0 Å². The van der Waals surface area contributed by atoms with Gasteiger partial charge in [0.2, 0.25) is 0 Å². The van der Waals surface area contributed by atoms with Gasteiger partial charge in [-0.3, -0.25) is 9.78 Å². The van der Waals surface area contributed by atoms with Crippen LogP contribution < -0.4 is 5.32 Å². The van der Waals surface area contributed by atoms with E-state index in [2.05, 4.69) is 15.2 Å². The number of nitrogens with one attached hydrogen (secondary N) is 1. The first-order valence-electron chi connectivity index (χ1n) is 8.26. The second-order valence-corrected chi connectivity index (χ2v) is 7.15. The normalized spacial score (nSPS) is 26.9. The molecular weight excluding hydrogens is 310 g/mol. The molecular formula is C18H20ClN3O. The first kappa shape index (κ1) is 14.9. The molecule has 2 bridgehead atoms. The van der Waals surface area contributed by atoms with Gasteiger partial charge in [0.25, 0.3) is 5.91 Å². The minimum absolute atomic E-state index is 0.0839. The number of piperidine rings is 1. The average molecular weight is 330 g/mol. The van der Waals surface area contributed by atoms with Crippen molar-refractivity contribution in [1.82, 2.24) is 15.2 Å². The Hall–Kier alpha value is -1.65. The van der Waals surface area contributed by atoms with Crippen LogP contribution in [0.3, 0.4) is 0 Å². The van der Waals surface area contributed by atoms with Gasteiger partial charge < -0.3 is 10.2 Å². The quantitative estimate of drug-likeness (QED) is 0.920. The Morgan fingerprint density at radius 3 is 2.87 bits per heavy atom. The van der Waals surface area contributed by atoms with Crippen molar-refractivity contribution in [2.75, 3.05) is 19.6 Å². The third kappa shape index (κ3) is 3.19. The molecule has 1 amide bonds. The molecule has 1 atom stereocenters. The predicted octanol–water partition coefficient (Wildman–Crippen LogP) is 3.10. The first-order valence-corrected chi connectivity index (χ1v) is 8.64. The largest absolute Gasteiger partial charge is 0.347 e. The molecule has 23 heavy (non-hydrogen) atoms. The highest BCUT2D eigenvalue weighted by molar-refractivity contribution is 6.31. The van der Waals surface area contributed by atoms with Crippen molar-refractivity contribution in [3.8, 4) is 0 Å². The van der Waals surface area contributed by atoms with E-state index in [1.54, 1.807) is 6.20 Å². The minimum atomic E-state index is -0.0839. The van der Waals surface area contributed by atoms with Crippen LogP contribution in [0.1, 0.15) is 29.8 Å². The van der Waals surface area contributed by atoms with Gasteiger partial charge in [-0.25, -0.2) is 0 Å². The fraction of sp³-hybridized carbons (Fsp3) is 0.444. The molecule has 120 valence electrons. The standard InChI is InChI=1S/C18H20ClN3O/c19-15-2-1-13-10-20-17(9-14(13)8-15)18(23)21-16-7-12-3-5-22(11-16)6-4-12/h1-2,8-10,12,16H,3-7,11H2,(H,21,23)/t16-/m1/s1. The van der Waals surface area contributed by atoms with Crippen molar-refractivity contribution in [1.29, 1.82) is 0 Å². The number of halogens is 1. The summed E-state index contributed by atoms with van der Waals surface area (Å²) in [5, 5.41) is 5.79. The van der Waals surface area contributed by atoms with Crippen molar-refractivity contribution < 1.29 is 4.79 Å². The van der Waals surface area contributed by atoms with E-state index in [0.29, 0.717) is 10.7 Å². The zero-order valence-electron chi connectivity index (χ0n) is 13.0. The van der Waals surface area contributed by atoms with Crippen LogP contribution in [0.4, 0.5) is 0 Å². The second-order valence-electron chi connectivity index (χ2n) is 6.71. The van der Waals surface area contributed by atoms with Crippen LogP contribution in [0.25, 0.3) is 10.8 Å². The number of carbonyl (C=O) groups is 1. The lowest BCUT2D eigenvalue weighted by atomic mass is 9.94. The Morgan fingerprint density at radius 2 is 2.04 bits per heavy atom. The van der Waals surface area contributed by atoms with Gasteiger partial charge in [0.1, 0.15) is 5.69 Å². The van der Waals surface area contributed by atoms with Gasteiger partial charge in [0.05, 0.1) is 0 Å². The van der Waals surface area contributed by atoms with Gasteiger partial charge >= 0.3 is 0 Å². The van der Waals surface area contributed by atoms with E-state index in [1.807, 2.05) is 24.3 Å². The summed E-state index contributed by atoms with van der Waals surface area (Å²) in [5.74, 6) is 0.668. The van der Waals surface area contributed by atoms with E-state index in [9.17, 15) is 4.79 Å². The second kappa shape index (κ2) is 6.10. The van der Waals surface area contributed by atoms with Gasteiger partial charge in [-0.2, -0.15) is 0 Å². The lowest BCUT2D eigenvalue weighted by Crippen LogP contribution is -2.42. The Bertz CT molecular complexity index is 726. The number of rotatable bonds is 2. The smallest absolute Gasteiger partial charge is 0.270 e. The van der Waals surface area contributed by atoms with E-state index in [4.69, 9.17) is 11.6 Å². The summed E-state index contributed by atoms with van der Waals surface area (Å²) < 4.78 is 0. The number of hydrogen-bond donors (Lipinski definition) is 1. The Labute approximate surface area is 140 Å². The minimum Gasteiger partial charge on any atom is -0.347 e. The Kier molecular flexibility index (Phi) is 3.95. The van der Waals surface area contributed by atoms with E-state index in [-0.39, 0.29) is 11.9 Å². The Balaban J connectivity index is 1.52. The molecule has 0 spiro atoms. The van der Waals surface area contributed by atoms with Crippen LogP contribution >= 0.6 is 11.6 Å². The summed E-state index contributed by atoms with van der Waals surface area (Å²) in [6.07, 6.45) is 5.35. The number of pyridine rings is 1. The summed E-state index contributed by atoms with van der Waals surface area (Å²) >= 11 is 6.04. The molecule has 1 aromatic carbocycles. The van der Waals surface area contributed by atoms with Crippen LogP contribution in [0.5, 0.6) is 0 Å². The molecule has 3 aliphatic rings. The number of nitrogens with zero attached hydrogens (tertiary/aromatic N) is 2. The fourth-order valence-electron chi connectivity index (χ4n) is 3.79. The number of benzene rings is 1. The molecule has 2 aromatic rings. The zero-order valence-corrected chi connectivity index (χ0v) is 13.7. The van der Waals surface area contributed by atoms with Crippen LogP contribution in [0, 0.1) is 5.92 Å². The van der Waals surface area contributed by atoms with Crippen molar-refractivity contribution >= 4 is 28.3 Å². The molecule has 5 rings (SSSR count). The summed E-state index contributed by atoms with van der Waals surface area (Å²) in [5.41, 5.74) is 0.464. The van der Waals surface area contributed by atoms with Gasteiger partial charge in [-0.05, 0) is 61.9 Å². The van der Waals surface area contributed by atoms with E-state index in [1.165, 1.54) is 25.9 Å². The van der Waals surface area contributed by atoms with Crippen LogP contribution in [0.2, 0.25) is 5.02 Å². The lowest BCUT2D eigenvalue weighted by molar-refractivity contribution is 0.0924. The SMILES string of the molecule is O=C(N[C@@H]1CC2CCN(CC2)C1)c1cc2cc(Cl)ccc2cn1. The number of amides is 1. The van der Waals surface area contributed by atoms with Crippen LogP contribution in [-0.2, 0) is 0 Å². The molecule has 3 aliphatic heterocycles. The van der Waals surface area contributed by atoms with Gasteiger partial charge in [-0.15, -0.1) is 0 Å². The summed E-state index contributed by atoms with van der Waals surface area (Å²) in [7, 11) is 0. The number of hydrogen-bond acceptors (Lipinski definition) is 3. The van der Waals surface area contributed by atoms with Gasteiger partial charge in [0.15, 0.2) is 0 Å². The topological polar surface area (TPSA) is 45.2 Å². The monoisotopic (exact) mass is 329 g/mol. The maximum Gasteiger partial charge on any atom is 0.270 e. The fourth-order valence-corrected chi connectivity index (χ4v) is 3.97. The zero-order chi connectivity index (χ0) is 15.8. The molecule has 3 fully saturated rings. The lowest BCUT2D eigenvalue weighted by Gasteiger charge is -2.26. The molecule has 0 unspecified atom stereocenters. The third-order valence-electron chi connectivity index (χ3n) is 5.06. The van der Waals surface area contributed by atoms with Crippen LogP contribution in [-0.4, -0.2) is 41.5 Å². The predicted molar refractivity (Wildman–Crippen MR) is 91.8 cm³/mol. The van der Waals surface area contributed by atoms with Crippen molar-refractivity contribution in [2.45, 2.75) is 25.3 Å². The average Bonchev–Trinajstić information content (AvgIpc) is 2.86. The van der Waals surface area contributed by atoms with Crippen molar-refractivity contribution in [2.24, 2.45) is 5.92 Å². The van der Waals surface area contributed by atoms with E-state index >= 15 is 0 Å². The molecule has 0 aliphatic carbocycles. The maximum absolute atomic E-state index is 12.6. The van der Waals surface area contributed by atoms with Crippen LogP contribution in [0.15, 0.2) is 30.5 Å². The molecule has 1 aromatic heterocycles. The van der Waals surface area contributed by atoms with E-state index < -0.39 is 0 Å². The molecule has 1 N–H and O–H groups in total. The Morgan fingerprint density at radius 1 is 1.22 bits per heavy atom. The highest BCUT2D eigenvalue weighted by Gasteiger charge is 2.30.